The Morgan fingerprint density at radius 2 is 2.33 bits per heavy atom. The molecule has 18 heavy (non-hydrogen) atoms. The average molecular weight is 252 g/mol. The van der Waals surface area contributed by atoms with Crippen LogP contribution in [0.4, 0.5) is 4.39 Å². The fourth-order valence-corrected chi connectivity index (χ4v) is 2.20. The zero-order chi connectivity index (χ0) is 13.0. The first kappa shape index (κ1) is 13.0. The molecule has 5 heteroatoms. The van der Waals surface area contributed by atoms with Crippen molar-refractivity contribution in [3.8, 4) is 5.88 Å². The van der Waals surface area contributed by atoms with E-state index in [1.54, 1.807) is 0 Å². The summed E-state index contributed by atoms with van der Waals surface area (Å²) in [6.45, 7) is 0.806. The monoisotopic (exact) mass is 252 g/mol. The van der Waals surface area contributed by atoms with Crippen LogP contribution in [0, 0.1) is 5.82 Å². The second-order valence-corrected chi connectivity index (χ2v) is 4.40. The van der Waals surface area contributed by atoms with E-state index in [1.807, 2.05) is 0 Å². The highest BCUT2D eigenvalue weighted by molar-refractivity contribution is 6.00. The molecule has 0 amide bonds. The van der Waals surface area contributed by atoms with Crippen LogP contribution in [0.2, 0.25) is 0 Å². The molecule has 0 radical (unpaired) electrons. The first-order valence-electron chi connectivity index (χ1n) is 6.20. The number of hydrogen-bond acceptors (Lipinski definition) is 4. The first-order chi connectivity index (χ1) is 8.74. The largest absolute Gasteiger partial charge is 0.479 e. The molecular formula is C13H17FN2O2. The first-order valence-corrected chi connectivity index (χ1v) is 6.20. The van der Waals surface area contributed by atoms with Crippen LogP contribution in [-0.4, -0.2) is 30.5 Å². The van der Waals surface area contributed by atoms with E-state index in [4.69, 9.17) is 4.74 Å². The lowest BCUT2D eigenvalue weighted by Crippen LogP contribution is -2.36. The van der Waals surface area contributed by atoms with E-state index in [-0.39, 0.29) is 23.3 Å². The van der Waals surface area contributed by atoms with Gasteiger partial charge in [0.05, 0.1) is 18.7 Å². The fourth-order valence-electron chi connectivity index (χ4n) is 2.20. The standard InChI is InChI=1S/C13H17FN2O2/c1-18-13-11(14)9(6-8-16-13)12(17)10-5-3-2-4-7-15-10/h6,8,10,15H,2-5,7H2,1H3. The third-order valence-corrected chi connectivity index (χ3v) is 3.19. The molecule has 0 saturated carbocycles. The van der Waals surface area contributed by atoms with Gasteiger partial charge in [-0.3, -0.25) is 4.79 Å². The zero-order valence-corrected chi connectivity index (χ0v) is 10.4. The van der Waals surface area contributed by atoms with E-state index < -0.39 is 5.82 Å². The summed E-state index contributed by atoms with van der Waals surface area (Å²) < 4.78 is 18.7. The number of nitrogens with one attached hydrogen (secondary N) is 1. The number of carbonyl (C=O) groups excluding carboxylic acids is 1. The number of methoxy groups -OCH3 is 1. The maximum atomic E-state index is 13.9. The van der Waals surface area contributed by atoms with E-state index in [0.29, 0.717) is 0 Å². The number of ketones is 1. The Morgan fingerprint density at radius 3 is 3.11 bits per heavy atom. The van der Waals surface area contributed by atoms with Crippen molar-refractivity contribution < 1.29 is 13.9 Å². The van der Waals surface area contributed by atoms with Crippen molar-refractivity contribution in [1.82, 2.24) is 10.3 Å². The molecule has 1 saturated heterocycles. The molecule has 0 aliphatic carbocycles. The van der Waals surface area contributed by atoms with Crippen molar-refractivity contribution >= 4 is 5.78 Å². The molecule has 1 unspecified atom stereocenters. The van der Waals surface area contributed by atoms with Gasteiger partial charge in [-0.1, -0.05) is 12.8 Å². The highest BCUT2D eigenvalue weighted by atomic mass is 19.1. The SMILES string of the molecule is COc1nccc(C(=O)C2CCCCCN2)c1F. The number of pyridine rings is 1. The summed E-state index contributed by atoms with van der Waals surface area (Å²) in [7, 11) is 1.34. The molecule has 1 N–H and O–H groups in total. The molecule has 1 aliphatic heterocycles. The van der Waals surface area contributed by atoms with Crippen LogP contribution < -0.4 is 10.1 Å². The number of carbonyl (C=O) groups is 1. The molecule has 1 atom stereocenters. The Balaban J connectivity index is 2.22. The van der Waals surface area contributed by atoms with E-state index >= 15 is 0 Å². The number of ether oxygens (including phenoxy) is 1. The van der Waals surface area contributed by atoms with Gasteiger partial charge in [0.2, 0.25) is 0 Å². The molecule has 98 valence electrons. The van der Waals surface area contributed by atoms with Crippen LogP contribution in [0.1, 0.15) is 36.0 Å². The number of hydrogen-bond donors (Lipinski definition) is 1. The van der Waals surface area contributed by atoms with Gasteiger partial charge in [-0.05, 0) is 25.5 Å². The number of rotatable bonds is 3. The molecule has 0 bridgehead atoms. The topological polar surface area (TPSA) is 51.2 Å². The molecular weight excluding hydrogens is 235 g/mol. The summed E-state index contributed by atoms with van der Waals surface area (Å²) >= 11 is 0. The van der Waals surface area contributed by atoms with Gasteiger partial charge in [-0.25, -0.2) is 9.37 Å². The highest BCUT2D eigenvalue weighted by Crippen LogP contribution is 2.20. The van der Waals surface area contributed by atoms with Crippen molar-refractivity contribution in [2.75, 3.05) is 13.7 Å². The van der Waals surface area contributed by atoms with E-state index in [2.05, 4.69) is 10.3 Å². The molecule has 4 nitrogen and oxygen atoms in total. The van der Waals surface area contributed by atoms with Crippen LogP contribution in [0.25, 0.3) is 0 Å². The molecule has 0 aromatic carbocycles. The summed E-state index contributed by atoms with van der Waals surface area (Å²) in [5.74, 6) is -1.01. The van der Waals surface area contributed by atoms with Crippen LogP contribution >= 0.6 is 0 Å². The Kier molecular flexibility index (Phi) is 4.25. The molecule has 2 rings (SSSR count). The lowest BCUT2D eigenvalue weighted by atomic mass is 10.0. The third kappa shape index (κ3) is 2.67. The van der Waals surface area contributed by atoms with Gasteiger partial charge in [0.1, 0.15) is 0 Å². The Labute approximate surface area is 106 Å². The van der Waals surface area contributed by atoms with Gasteiger partial charge in [-0.15, -0.1) is 0 Å². The van der Waals surface area contributed by atoms with Crippen LogP contribution in [0.3, 0.4) is 0 Å². The van der Waals surface area contributed by atoms with Crippen molar-refractivity contribution in [3.05, 3.63) is 23.6 Å². The van der Waals surface area contributed by atoms with Gasteiger partial charge in [0.25, 0.3) is 5.88 Å². The second-order valence-electron chi connectivity index (χ2n) is 4.40. The van der Waals surface area contributed by atoms with Gasteiger partial charge in [0.15, 0.2) is 11.6 Å². The molecule has 2 heterocycles. The highest BCUT2D eigenvalue weighted by Gasteiger charge is 2.25. The van der Waals surface area contributed by atoms with Gasteiger partial charge in [0, 0.05) is 6.20 Å². The van der Waals surface area contributed by atoms with Crippen LogP contribution in [-0.2, 0) is 0 Å². The molecule has 1 aromatic heterocycles. The number of nitrogens with zero attached hydrogens (tertiary/aromatic N) is 1. The normalized spacial score (nSPS) is 20.2. The van der Waals surface area contributed by atoms with E-state index in [1.165, 1.54) is 19.4 Å². The van der Waals surface area contributed by atoms with Gasteiger partial charge in [-0.2, -0.15) is 0 Å². The number of Topliss-reactive ketones (excluding diaryl/α,β-unsaturated/α-hetero) is 1. The Morgan fingerprint density at radius 1 is 1.50 bits per heavy atom. The number of halogens is 1. The van der Waals surface area contributed by atoms with Crippen molar-refractivity contribution in [2.45, 2.75) is 31.7 Å². The molecule has 0 spiro atoms. The predicted octanol–water partition coefficient (Wildman–Crippen LogP) is 1.94. The van der Waals surface area contributed by atoms with Gasteiger partial charge < -0.3 is 10.1 Å². The predicted molar refractivity (Wildman–Crippen MR) is 65.3 cm³/mol. The van der Waals surface area contributed by atoms with Crippen LogP contribution in [0.15, 0.2) is 12.3 Å². The minimum atomic E-state index is -0.670. The quantitative estimate of drug-likeness (QED) is 0.835. The summed E-state index contributed by atoms with van der Waals surface area (Å²) in [6, 6.07) is 1.11. The summed E-state index contributed by atoms with van der Waals surface area (Å²) in [6.07, 6.45) is 5.31. The fraction of sp³-hybridized carbons (Fsp3) is 0.538. The van der Waals surface area contributed by atoms with Crippen molar-refractivity contribution in [2.24, 2.45) is 0 Å². The molecule has 1 fully saturated rings. The Hall–Kier alpha value is -1.49. The maximum absolute atomic E-state index is 13.9. The van der Waals surface area contributed by atoms with E-state index in [9.17, 15) is 9.18 Å². The second kappa shape index (κ2) is 5.91. The van der Waals surface area contributed by atoms with Gasteiger partial charge >= 0.3 is 0 Å². The third-order valence-electron chi connectivity index (χ3n) is 3.19. The van der Waals surface area contributed by atoms with E-state index in [0.717, 1.165) is 32.2 Å². The minimum absolute atomic E-state index is 0.0567. The number of aromatic nitrogens is 1. The molecule has 1 aliphatic rings. The van der Waals surface area contributed by atoms with Crippen molar-refractivity contribution in [3.63, 3.8) is 0 Å². The summed E-state index contributed by atoms with van der Waals surface area (Å²) in [4.78, 5) is 16.0. The lowest BCUT2D eigenvalue weighted by Gasteiger charge is -2.15. The minimum Gasteiger partial charge on any atom is -0.479 e. The molecule has 1 aromatic rings. The summed E-state index contributed by atoms with van der Waals surface area (Å²) in [5, 5.41) is 3.17. The zero-order valence-electron chi connectivity index (χ0n) is 10.4. The average Bonchev–Trinajstić information content (AvgIpc) is 2.67. The van der Waals surface area contributed by atoms with Crippen molar-refractivity contribution in [1.29, 1.82) is 0 Å². The Bertz CT molecular complexity index is 429. The van der Waals surface area contributed by atoms with Crippen LogP contribution in [0.5, 0.6) is 5.88 Å². The lowest BCUT2D eigenvalue weighted by molar-refractivity contribution is 0.0935. The smallest absolute Gasteiger partial charge is 0.250 e. The maximum Gasteiger partial charge on any atom is 0.250 e. The summed E-state index contributed by atoms with van der Waals surface area (Å²) in [5.41, 5.74) is 0.0567.